The van der Waals surface area contributed by atoms with Gasteiger partial charge in [0.15, 0.2) is 0 Å². The number of nitrogens with two attached hydrogens (primary N) is 1. The van der Waals surface area contributed by atoms with Crippen molar-refractivity contribution in [3.8, 4) is 0 Å². The number of halogens is 1. The molecular formula is C12H19BrN6. The lowest BCUT2D eigenvalue weighted by molar-refractivity contribution is 0.507. The van der Waals surface area contributed by atoms with E-state index in [4.69, 9.17) is 5.84 Å². The number of imidazole rings is 1. The first-order chi connectivity index (χ1) is 9.06. The summed E-state index contributed by atoms with van der Waals surface area (Å²) in [5, 5.41) is 4.49. The van der Waals surface area contributed by atoms with Crippen LogP contribution in [0.1, 0.15) is 30.0 Å². The van der Waals surface area contributed by atoms with Crippen LogP contribution in [0.4, 0.5) is 0 Å². The van der Waals surface area contributed by atoms with Crippen LogP contribution in [-0.2, 0) is 20.0 Å². The third kappa shape index (κ3) is 2.88. The standard InChI is InChI=1S/C12H19BrN6/c1-4-19-11(12(13)8(2)17-19)5-9(16-14)10-6-18(3)7-15-10/h6-7,9,16H,4-5,14H2,1-3H3. The maximum atomic E-state index is 5.67. The first-order valence-corrected chi connectivity index (χ1v) is 7.01. The van der Waals surface area contributed by atoms with Crippen LogP contribution < -0.4 is 11.3 Å². The minimum atomic E-state index is -0.0288. The zero-order valence-electron chi connectivity index (χ0n) is 11.4. The Balaban J connectivity index is 2.28. The number of hydrogen-bond acceptors (Lipinski definition) is 4. The fourth-order valence-corrected chi connectivity index (χ4v) is 2.57. The lowest BCUT2D eigenvalue weighted by atomic mass is 10.1. The Morgan fingerprint density at radius 1 is 1.53 bits per heavy atom. The molecule has 0 saturated carbocycles. The van der Waals surface area contributed by atoms with Crippen molar-refractivity contribution in [3.05, 3.63) is 34.1 Å². The van der Waals surface area contributed by atoms with Gasteiger partial charge in [-0.15, -0.1) is 0 Å². The van der Waals surface area contributed by atoms with Gasteiger partial charge < -0.3 is 4.57 Å². The Hall–Kier alpha value is -1.18. The van der Waals surface area contributed by atoms with Crippen molar-refractivity contribution in [1.29, 1.82) is 0 Å². The van der Waals surface area contributed by atoms with Crippen LogP contribution in [0.25, 0.3) is 0 Å². The lowest BCUT2D eigenvalue weighted by Gasteiger charge is -2.14. The number of nitrogens with zero attached hydrogens (tertiary/aromatic N) is 4. The van der Waals surface area contributed by atoms with Gasteiger partial charge in [0.05, 0.1) is 33.9 Å². The second kappa shape index (κ2) is 5.85. The number of nitrogens with one attached hydrogen (secondary N) is 1. The highest BCUT2D eigenvalue weighted by Gasteiger charge is 2.19. The van der Waals surface area contributed by atoms with Gasteiger partial charge in [-0.2, -0.15) is 5.10 Å². The molecule has 0 aromatic carbocycles. The van der Waals surface area contributed by atoms with E-state index in [1.54, 1.807) is 6.33 Å². The maximum absolute atomic E-state index is 5.67. The van der Waals surface area contributed by atoms with Crippen LogP contribution in [0.2, 0.25) is 0 Å². The third-order valence-corrected chi connectivity index (χ3v) is 4.16. The van der Waals surface area contributed by atoms with Gasteiger partial charge in [-0.05, 0) is 29.8 Å². The summed E-state index contributed by atoms with van der Waals surface area (Å²) in [6.07, 6.45) is 4.48. The van der Waals surface area contributed by atoms with Crippen molar-refractivity contribution in [3.63, 3.8) is 0 Å². The molecule has 0 bridgehead atoms. The molecule has 0 fully saturated rings. The van der Waals surface area contributed by atoms with Crippen molar-refractivity contribution < 1.29 is 0 Å². The van der Waals surface area contributed by atoms with E-state index >= 15 is 0 Å². The molecule has 19 heavy (non-hydrogen) atoms. The molecule has 1 unspecified atom stereocenters. The van der Waals surface area contributed by atoms with Crippen LogP contribution in [-0.4, -0.2) is 19.3 Å². The van der Waals surface area contributed by atoms with Crippen molar-refractivity contribution in [2.24, 2.45) is 12.9 Å². The molecule has 0 radical (unpaired) electrons. The SMILES string of the molecule is CCn1nc(C)c(Br)c1CC(NN)c1cn(C)cn1. The summed E-state index contributed by atoms with van der Waals surface area (Å²) in [5.74, 6) is 5.67. The zero-order valence-corrected chi connectivity index (χ0v) is 13.0. The van der Waals surface area contributed by atoms with Gasteiger partial charge >= 0.3 is 0 Å². The normalized spacial score (nSPS) is 12.9. The monoisotopic (exact) mass is 326 g/mol. The second-order valence-electron chi connectivity index (χ2n) is 4.55. The first kappa shape index (κ1) is 14.2. The minimum Gasteiger partial charge on any atom is -0.340 e. The molecule has 2 heterocycles. The fraction of sp³-hybridized carbons (Fsp3) is 0.500. The Morgan fingerprint density at radius 2 is 2.26 bits per heavy atom. The van der Waals surface area contributed by atoms with Gasteiger partial charge in [-0.1, -0.05) is 0 Å². The van der Waals surface area contributed by atoms with Crippen molar-refractivity contribution in [2.45, 2.75) is 32.9 Å². The Kier molecular flexibility index (Phi) is 4.38. The summed E-state index contributed by atoms with van der Waals surface area (Å²) in [5.41, 5.74) is 5.89. The molecule has 1 atom stereocenters. The molecule has 104 valence electrons. The molecule has 0 spiro atoms. The summed E-state index contributed by atoms with van der Waals surface area (Å²) in [4.78, 5) is 4.35. The van der Waals surface area contributed by atoms with Crippen molar-refractivity contribution in [2.75, 3.05) is 0 Å². The zero-order chi connectivity index (χ0) is 14.0. The third-order valence-electron chi connectivity index (χ3n) is 3.13. The summed E-state index contributed by atoms with van der Waals surface area (Å²) < 4.78 is 4.95. The van der Waals surface area contributed by atoms with E-state index in [0.29, 0.717) is 0 Å². The molecule has 0 saturated heterocycles. The number of hydrogen-bond donors (Lipinski definition) is 2. The lowest BCUT2D eigenvalue weighted by Crippen LogP contribution is -2.30. The van der Waals surface area contributed by atoms with E-state index in [9.17, 15) is 0 Å². The van der Waals surface area contributed by atoms with Crippen LogP contribution in [0.15, 0.2) is 17.0 Å². The topological polar surface area (TPSA) is 73.7 Å². The van der Waals surface area contributed by atoms with E-state index in [1.807, 2.05) is 29.4 Å². The number of hydrazine groups is 1. The Bertz CT molecular complexity index is 559. The van der Waals surface area contributed by atoms with Crippen molar-refractivity contribution in [1.82, 2.24) is 24.8 Å². The molecule has 7 heteroatoms. The van der Waals surface area contributed by atoms with Gasteiger partial charge in [0.1, 0.15) is 0 Å². The second-order valence-corrected chi connectivity index (χ2v) is 5.34. The molecule has 0 aliphatic rings. The fourth-order valence-electron chi connectivity index (χ4n) is 2.12. The molecule has 2 rings (SSSR count). The molecule has 2 aromatic heterocycles. The molecule has 0 amide bonds. The van der Waals surface area contributed by atoms with Crippen LogP contribution in [0, 0.1) is 6.92 Å². The van der Waals surface area contributed by atoms with Crippen LogP contribution in [0.5, 0.6) is 0 Å². The quantitative estimate of drug-likeness (QED) is 0.644. The van der Waals surface area contributed by atoms with Crippen LogP contribution in [0.3, 0.4) is 0 Å². The average molecular weight is 327 g/mol. The Labute approximate surface area is 121 Å². The predicted octanol–water partition coefficient (Wildman–Crippen LogP) is 1.45. The van der Waals surface area contributed by atoms with Gasteiger partial charge in [0.2, 0.25) is 0 Å². The van der Waals surface area contributed by atoms with Gasteiger partial charge in [-0.25, -0.2) is 4.98 Å². The minimum absolute atomic E-state index is 0.0288. The molecule has 0 aliphatic carbocycles. The molecule has 2 aromatic rings. The highest BCUT2D eigenvalue weighted by atomic mass is 79.9. The van der Waals surface area contributed by atoms with Gasteiger partial charge in [0.25, 0.3) is 0 Å². The van der Waals surface area contributed by atoms with E-state index < -0.39 is 0 Å². The first-order valence-electron chi connectivity index (χ1n) is 6.22. The largest absolute Gasteiger partial charge is 0.340 e. The molecule has 6 nitrogen and oxygen atoms in total. The predicted molar refractivity (Wildman–Crippen MR) is 77.3 cm³/mol. The Morgan fingerprint density at radius 3 is 2.79 bits per heavy atom. The number of rotatable bonds is 5. The maximum Gasteiger partial charge on any atom is 0.0947 e. The number of aryl methyl sites for hydroxylation is 3. The smallest absolute Gasteiger partial charge is 0.0947 e. The summed E-state index contributed by atoms with van der Waals surface area (Å²) in [6.45, 7) is 4.90. The highest BCUT2D eigenvalue weighted by Crippen LogP contribution is 2.25. The van der Waals surface area contributed by atoms with E-state index in [1.165, 1.54) is 0 Å². The van der Waals surface area contributed by atoms with Crippen LogP contribution >= 0.6 is 15.9 Å². The summed E-state index contributed by atoms with van der Waals surface area (Å²) >= 11 is 3.60. The van der Waals surface area contributed by atoms with Gasteiger partial charge in [-0.3, -0.25) is 16.0 Å². The van der Waals surface area contributed by atoms with Gasteiger partial charge in [0, 0.05) is 26.2 Å². The highest BCUT2D eigenvalue weighted by molar-refractivity contribution is 9.10. The molecular weight excluding hydrogens is 308 g/mol. The number of aromatic nitrogens is 4. The van der Waals surface area contributed by atoms with E-state index in [0.717, 1.165) is 34.5 Å². The summed E-state index contributed by atoms with van der Waals surface area (Å²) in [7, 11) is 1.94. The average Bonchev–Trinajstić information content (AvgIpc) is 2.93. The van der Waals surface area contributed by atoms with Crippen molar-refractivity contribution >= 4 is 15.9 Å². The molecule has 0 aliphatic heterocycles. The van der Waals surface area contributed by atoms with E-state index in [-0.39, 0.29) is 6.04 Å². The van der Waals surface area contributed by atoms with E-state index in [2.05, 4.69) is 38.4 Å². The summed E-state index contributed by atoms with van der Waals surface area (Å²) in [6, 6.07) is -0.0288. The molecule has 3 N–H and O–H groups in total.